The van der Waals surface area contributed by atoms with Gasteiger partial charge in [0.2, 0.25) is 5.95 Å². The standard InChI is InChI=1S/C17H26N4O/c1-17(2,3)21-15(22)14-11-19-16(20-12-14)18-10-9-13-7-5-4-6-8-13/h7,11-12H,4-6,8-10H2,1-3H3,(H,21,22)(H,18,19,20). The number of nitrogens with zero attached hydrogens (tertiary/aromatic N) is 2. The van der Waals surface area contributed by atoms with Gasteiger partial charge in [0, 0.05) is 24.5 Å². The molecule has 5 nitrogen and oxygen atoms in total. The summed E-state index contributed by atoms with van der Waals surface area (Å²) < 4.78 is 0. The largest absolute Gasteiger partial charge is 0.354 e. The van der Waals surface area contributed by atoms with Gasteiger partial charge in [-0.25, -0.2) is 9.97 Å². The number of aromatic nitrogens is 2. The average Bonchev–Trinajstić information content (AvgIpc) is 2.47. The van der Waals surface area contributed by atoms with E-state index in [4.69, 9.17) is 0 Å². The van der Waals surface area contributed by atoms with Crippen molar-refractivity contribution in [3.63, 3.8) is 0 Å². The van der Waals surface area contributed by atoms with Crippen LogP contribution in [-0.4, -0.2) is 28.0 Å². The van der Waals surface area contributed by atoms with Crippen LogP contribution in [0.2, 0.25) is 0 Å². The number of hydrogen-bond acceptors (Lipinski definition) is 4. The third-order valence-corrected chi connectivity index (χ3v) is 3.52. The summed E-state index contributed by atoms with van der Waals surface area (Å²) in [6.45, 7) is 6.67. The van der Waals surface area contributed by atoms with Crippen molar-refractivity contribution in [2.75, 3.05) is 11.9 Å². The van der Waals surface area contributed by atoms with Crippen molar-refractivity contribution in [1.29, 1.82) is 0 Å². The lowest BCUT2D eigenvalue weighted by atomic mass is 9.97. The lowest BCUT2D eigenvalue weighted by Crippen LogP contribution is -2.40. The van der Waals surface area contributed by atoms with Crippen LogP contribution in [0.15, 0.2) is 24.0 Å². The van der Waals surface area contributed by atoms with E-state index in [9.17, 15) is 4.79 Å². The van der Waals surface area contributed by atoms with E-state index in [-0.39, 0.29) is 11.4 Å². The summed E-state index contributed by atoms with van der Waals surface area (Å²) in [5, 5.41) is 6.11. The van der Waals surface area contributed by atoms with Gasteiger partial charge in [0.15, 0.2) is 0 Å². The summed E-state index contributed by atoms with van der Waals surface area (Å²) in [7, 11) is 0. The van der Waals surface area contributed by atoms with Crippen molar-refractivity contribution in [1.82, 2.24) is 15.3 Å². The first-order valence-corrected chi connectivity index (χ1v) is 8.00. The van der Waals surface area contributed by atoms with Gasteiger partial charge in [0.1, 0.15) is 0 Å². The maximum absolute atomic E-state index is 12.0. The lowest BCUT2D eigenvalue weighted by molar-refractivity contribution is 0.0919. The molecular weight excluding hydrogens is 276 g/mol. The molecule has 22 heavy (non-hydrogen) atoms. The topological polar surface area (TPSA) is 66.9 Å². The van der Waals surface area contributed by atoms with Crippen molar-refractivity contribution in [3.8, 4) is 0 Å². The second kappa shape index (κ2) is 7.38. The number of allylic oxidation sites excluding steroid dienone is 1. The minimum atomic E-state index is -0.262. The molecule has 2 N–H and O–H groups in total. The molecule has 1 amide bonds. The first-order chi connectivity index (χ1) is 10.4. The number of anilines is 1. The molecule has 1 aliphatic carbocycles. The van der Waals surface area contributed by atoms with E-state index in [1.54, 1.807) is 12.4 Å². The summed E-state index contributed by atoms with van der Waals surface area (Å²) >= 11 is 0. The Morgan fingerprint density at radius 3 is 2.55 bits per heavy atom. The zero-order valence-corrected chi connectivity index (χ0v) is 13.8. The van der Waals surface area contributed by atoms with Crippen LogP contribution in [0.25, 0.3) is 0 Å². The molecule has 1 aliphatic rings. The second-order valence-corrected chi connectivity index (χ2v) is 6.78. The fourth-order valence-corrected chi connectivity index (χ4v) is 2.42. The van der Waals surface area contributed by atoms with Crippen LogP contribution in [0.1, 0.15) is 63.2 Å². The Hall–Kier alpha value is -1.91. The van der Waals surface area contributed by atoms with Gasteiger partial charge in [-0.15, -0.1) is 0 Å². The van der Waals surface area contributed by atoms with Crippen LogP contribution in [-0.2, 0) is 0 Å². The molecule has 1 aromatic rings. The summed E-state index contributed by atoms with van der Waals surface area (Å²) in [5.74, 6) is 0.426. The minimum absolute atomic E-state index is 0.147. The predicted octanol–water partition coefficient (Wildman–Crippen LogP) is 3.31. The fourth-order valence-electron chi connectivity index (χ4n) is 2.42. The Bertz CT molecular complexity index is 529. The molecule has 1 aromatic heterocycles. The molecule has 0 aromatic carbocycles. The van der Waals surface area contributed by atoms with Crippen LogP contribution in [0.3, 0.4) is 0 Å². The normalized spacial score (nSPS) is 15.1. The van der Waals surface area contributed by atoms with Crippen molar-refractivity contribution in [2.45, 2.75) is 58.4 Å². The monoisotopic (exact) mass is 302 g/mol. The van der Waals surface area contributed by atoms with E-state index in [2.05, 4.69) is 26.7 Å². The smallest absolute Gasteiger partial charge is 0.254 e. The van der Waals surface area contributed by atoms with Crippen LogP contribution >= 0.6 is 0 Å². The maximum atomic E-state index is 12.0. The molecule has 0 unspecified atom stereocenters. The Kier molecular flexibility index (Phi) is 5.52. The van der Waals surface area contributed by atoms with Gasteiger partial charge >= 0.3 is 0 Å². The molecule has 0 spiro atoms. The van der Waals surface area contributed by atoms with Crippen molar-refractivity contribution in [2.24, 2.45) is 0 Å². The number of nitrogens with one attached hydrogen (secondary N) is 2. The molecule has 0 saturated heterocycles. The zero-order valence-electron chi connectivity index (χ0n) is 13.8. The van der Waals surface area contributed by atoms with Gasteiger partial charge in [0.05, 0.1) is 5.56 Å². The zero-order chi connectivity index (χ0) is 16.0. The summed E-state index contributed by atoms with van der Waals surface area (Å²) in [6.07, 6.45) is 11.6. The molecule has 5 heteroatoms. The quantitative estimate of drug-likeness (QED) is 0.819. The fraction of sp³-hybridized carbons (Fsp3) is 0.588. The highest BCUT2D eigenvalue weighted by molar-refractivity contribution is 5.94. The Morgan fingerprint density at radius 1 is 1.23 bits per heavy atom. The molecule has 0 saturated carbocycles. The third kappa shape index (κ3) is 5.47. The van der Waals surface area contributed by atoms with Gasteiger partial charge in [0.25, 0.3) is 5.91 Å². The van der Waals surface area contributed by atoms with Gasteiger partial charge in [-0.2, -0.15) is 0 Å². The molecule has 0 fully saturated rings. The van der Waals surface area contributed by atoms with E-state index < -0.39 is 0 Å². The Balaban J connectivity index is 1.81. The van der Waals surface area contributed by atoms with Crippen LogP contribution in [0.5, 0.6) is 0 Å². The molecule has 2 rings (SSSR count). The van der Waals surface area contributed by atoms with Crippen LogP contribution in [0.4, 0.5) is 5.95 Å². The Morgan fingerprint density at radius 2 is 1.95 bits per heavy atom. The molecule has 120 valence electrons. The SMILES string of the molecule is CC(C)(C)NC(=O)c1cnc(NCCC2=CCCCC2)nc1. The summed E-state index contributed by atoms with van der Waals surface area (Å²) in [6, 6.07) is 0. The van der Waals surface area contributed by atoms with E-state index in [0.717, 1.165) is 13.0 Å². The lowest BCUT2D eigenvalue weighted by Gasteiger charge is -2.20. The summed E-state index contributed by atoms with van der Waals surface area (Å²) in [4.78, 5) is 20.4. The third-order valence-electron chi connectivity index (χ3n) is 3.52. The molecule has 1 heterocycles. The number of hydrogen-bond donors (Lipinski definition) is 2. The highest BCUT2D eigenvalue weighted by Crippen LogP contribution is 2.19. The number of amides is 1. The highest BCUT2D eigenvalue weighted by atomic mass is 16.1. The number of rotatable bonds is 5. The number of carbonyl (C=O) groups is 1. The first-order valence-electron chi connectivity index (χ1n) is 8.00. The van der Waals surface area contributed by atoms with Gasteiger partial charge in [-0.1, -0.05) is 11.6 Å². The van der Waals surface area contributed by atoms with E-state index >= 15 is 0 Å². The average molecular weight is 302 g/mol. The van der Waals surface area contributed by atoms with Crippen LogP contribution < -0.4 is 10.6 Å². The second-order valence-electron chi connectivity index (χ2n) is 6.78. The highest BCUT2D eigenvalue weighted by Gasteiger charge is 2.15. The molecule has 0 aliphatic heterocycles. The first kappa shape index (κ1) is 16.5. The molecular formula is C17H26N4O. The van der Waals surface area contributed by atoms with Gasteiger partial charge in [-0.05, 0) is 52.9 Å². The Labute approximate surface area is 132 Å². The van der Waals surface area contributed by atoms with Crippen molar-refractivity contribution < 1.29 is 4.79 Å². The van der Waals surface area contributed by atoms with E-state index in [1.807, 2.05) is 20.8 Å². The maximum Gasteiger partial charge on any atom is 0.254 e. The minimum Gasteiger partial charge on any atom is -0.354 e. The van der Waals surface area contributed by atoms with Crippen LogP contribution in [0, 0.1) is 0 Å². The van der Waals surface area contributed by atoms with E-state index in [0.29, 0.717) is 11.5 Å². The van der Waals surface area contributed by atoms with Crippen molar-refractivity contribution in [3.05, 3.63) is 29.6 Å². The van der Waals surface area contributed by atoms with Gasteiger partial charge < -0.3 is 10.6 Å². The van der Waals surface area contributed by atoms with E-state index in [1.165, 1.54) is 31.3 Å². The van der Waals surface area contributed by atoms with Crippen molar-refractivity contribution >= 4 is 11.9 Å². The molecule has 0 bridgehead atoms. The molecule has 0 atom stereocenters. The molecule has 0 radical (unpaired) electrons. The van der Waals surface area contributed by atoms with Gasteiger partial charge in [-0.3, -0.25) is 4.79 Å². The summed E-state index contributed by atoms with van der Waals surface area (Å²) in [5.41, 5.74) is 1.75. The number of carbonyl (C=O) groups excluding carboxylic acids is 1. The predicted molar refractivity (Wildman–Crippen MR) is 88.9 cm³/mol.